The second-order valence-electron chi connectivity index (χ2n) is 2.36. The molecule has 0 saturated carbocycles. The van der Waals surface area contributed by atoms with Crippen molar-refractivity contribution in [3.05, 3.63) is 29.8 Å². The van der Waals surface area contributed by atoms with Crippen molar-refractivity contribution in [2.24, 2.45) is 0 Å². The second kappa shape index (κ2) is 3.49. The molecule has 0 bridgehead atoms. The van der Waals surface area contributed by atoms with Crippen LogP contribution >= 0.6 is 12.6 Å². The van der Waals surface area contributed by atoms with Crippen LogP contribution in [0.1, 0.15) is 10.8 Å². The molecule has 0 spiro atoms. The zero-order chi connectivity index (χ0) is 9.14. The Labute approximate surface area is 75.6 Å². The van der Waals surface area contributed by atoms with Gasteiger partial charge in [-0.2, -0.15) is 12.6 Å². The Bertz CT molecular complexity index is 284. The molecule has 0 aliphatic carbocycles. The molecule has 1 radical (unpaired) electrons. The number of hydrogen-bond donors (Lipinski definition) is 2. The molecule has 1 unspecified atom stereocenters. The average molecular weight is 182 g/mol. The number of rotatable bonds is 2. The van der Waals surface area contributed by atoms with E-state index in [1.165, 1.54) is 12.1 Å². The van der Waals surface area contributed by atoms with Crippen molar-refractivity contribution in [3.63, 3.8) is 0 Å². The van der Waals surface area contributed by atoms with Crippen LogP contribution in [0.3, 0.4) is 0 Å². The van der Waals surface area contributed by atoms with E-state index in [-0.39, 0.29) is 5.75 Å². The standard InChI is InChI=1S/C8H8NO2S/c9-8(11)7(12)5-1-3-6(10)4-2-5/h1-4,7,9-10,12H. The van der Waals surface area contributed by atoms with Crippen LogP contribution < -0.4 is 5.73 Å². The molecule has 1 aromatic carbocycles. The molecule has 4 heteroatoms. The molecule has 1 atom stereocenters. The number of aromatic hydroxyl groups is 1. The first-order valence-corrected chi connectivity index (χ1v) is 3.85. The third kappa shape index (κ3) is 1.92. The van der Waals surface area contributed by atoms with Crippen LogP contribution in [-0.2, 0) is 4.79 Å². The molecule has 0 saturated heterocycles. The first-order chi connectivity index (χ1) is 5.61. The number of phenolic OH excluding ortho intramolecular Hbond substituents is 1. The van der Waals surface area contributed by atoms with E-state index in [2.05, 4.69) is 12.6 Å². The van der Waals surface area contributed by atoms with Gasteiger partial charge in [-0.05, 0) is 17.7 Å². The van der Waals surface area contributed by atoms with Gasteiger partial charge in [-0.25, -0.2) is 0 Å². The molecule has 1 aromatic rings. The van der Waals surface area contributed by atoms with Gasteiger partial charge in [0.05, 0.1) is 0 Å². The number of thiol groups is 1. The van der Waals surface area contributed by atoms with Gasteiger partial charge < -0.3 is 5.11 Å². The maximum atomic E-state index is 10.6. The van der Waals surface area contributed by atoms with Gasteiger partial charge in [0.15, 0.2) is 0 Å². The van der Waals surface area contributed by atoms with E-state index >= 15 is 0 Å². The van der Waals surface area contributed by atoms with Crippen LogP contribution in [0.4, 0.5) is 0 Å². The first kappa shape index (κ1) is 8.93. The van der Waals surface area contributed by atoms with Crippen molar-refractivity contribution < 1.29 is 9.90 Å². The summed E-state index contributed by atoms with van der Waals surface area (Å²) in [6.45, 7) is 0. The highest BCUT2D eigenvalue weighted by Crippen LogP contribution is 2.21. The maximum absolute atomic E-state index is 10.6. The zero-order valence-corrected chi connectivity index (χ0v) is 7.08. The maximum Gasteiger partial charge on any atom is 0.255 e. The lowest BCUT2D eigenvalue weighted by molar-refractivity contribution is -0.118. The van der Waals surface area contributed by atoms with Crippen molar-refractivity contribution in [1.82, 2.24) is 5.73 Å². The summed E-state index contributed by atoms with van der Waals surface area (Å²) < 4.78 is 0. The first-order valence-electron chi connectivity index (χ1n) is 3.33. The van der Waals surface area contributed by atoms with Crippen LogP contribution in [0.25, 0.3) is 0 Å². The Hall–Kier alpha value is -1.16. The van der Waals surface area contributed by atoms with Crippen molar-refractivity contribution >= 4 is 18.5 Å². The fraction of sp³-hybridized carbons (Fsp3) is 0.125. The lowest BCUT2D eigenvalue weighted by Crippen LogP contribution is -2.06. The predicted molar refractivity (Wildman–Crippen MR) is 47.9 cm³/mol. The van der Waals surface area contributed by atoms with Crippen LogP contribution in [-0.4, -0.2) is 11.0 Å². The molecule has 12 heavy (non-hydrogen) atoms. The van der Waals surface area contributed by atoms with Crippen LogP contribution in [0, 0.1) is 0 Å². The summed E-state index contributed by atoms with van der Waals surface area (Å²) in [5.74, 6) is -0.610. The SMILES string of the molecule is [NH]C(=O)C(S)c1ccc(O)cc1. The molecule has 0 aliphatic rings. The third-order valence-corrected chi connectivity index (χ3v) is 1.99. The van der Waals surface area contributed by atoms with Crippen LogP contribution in [0.2, 0.25) is 0 Å². The lowest BCUT2D eigenvalue weighted by atomic mass is 10.1. The largest absolute Gasteiger partial charge is 0.508 e. The van der Waals surface area contributed by atoms with E-state index in [0.717, 1.165) is 0 Å². The molecule has 3 nitrogen and oxygen atoms in total. The number of nitrogens with one attached hydrogen (secondary N) is 1. The molecule has 0 aliphatic heterocycles. The Morgan fingerprint density at radius 3 is 2.33 bits per heavy atom. The van der Waals surface area contributed by atoms with Gasteiger partial charge in [0.25, 0.3) is 5.91 Å². The molecular formula is C8H8NO2S. The van der Waals surface area contributed by atoms with Crippen LogP contribution in [0.15, 0.2) is 24.3 Å². The Kier molecular flexibility index (Phi) is 2.60. The van der Waals surface area contributed by atoms with Gasteiger partial charge in [0, 0.05) is 0 Å². The molecule has 1 rings (SSSR count). The van der Waals surface area contributed by atoms with Gasteiger partial charge in [-0.3, -0.25) is 10.5 Å². The number of phenols is 1. The topological polar surface area (TPSA) is 61.1 Å². The monoisotopic (exact) mass is 182 g/mol. The number of carbonyl (C=O) groups excluding carboxylic acids is 1. The minimum absolute atomic E-state index is 0.136. The third-order valence-electron chi connectivity index (χ3n) is 1.46. The van der Waals surface area contributed by atoms with Gasteiger partial charge in [0.2, 0.25) is 0 Å². The highest BCUT2D eigenvalue weighted by Gasteiger charge is 2.12. The molecule has 1 amide bonds. The highest BCUT2D eigenvalue weighted by atomic mass is 32.1. The smallest absolute Gasteiger partial charge is 0.255 e. The van der Waals surface area contributed by atoms with E-state index in [0.29, 0.717) is 5.56 Å². The van der Waals surface area contributed by atoms with Crippen LogP contribution in [0.5, 0.6) is 5.75 Å². The molecule has 63 valence electrons. The quantitative estimate of drug-likeness (QED) is 0.674. The summed E-state index contributed by atoms with van der Waals surface area (Å²) in [4.78, 5) is 10.6. The molecular weight excluding hydrogens is 174 g/mol. The van der Waals surface area contributed by atoms with Gasteiger partial charge in [-0.1, -0.05) is 12.1 Å². The summed E-state index contributed by atoms with van der Waals surface area (Å²) in [7, 11) is 0. The Morgan fingerprint density at radius 2 is 1.92 bits per heavy atom. The summed E-state index contributed by atoms with van der Waals surface area (Å²) >= 11 is 3.93. The minimum atomic E-state index is -0.746. The molecule has 0 aromatic heterocycles. The summed E-state index contributed by atoms with van der Waals surface area (Å²) in [5, 5.41) is 8.20. The Morgan fingerprint density at radius 1 is 1.42 bits per heavy atom. The van der Waals surface area contributed by atoms with Gasteiger partial charge in [-0.15, -0.1) is 0 Å². The van der Waals surface area contributed by atoms with Crippen molar-refractivity contribution in [2.75, 3.05) is 0 Å². The zero-order valence-electron chi connectivity index (χ0n) is 6.19. The highest BCUT2D eigenvalue weighted by molar-refractivity contribution is 7.81. The van der Waals surface area contributed by atoms with Crippen molar-refractivity contribution in [2.45, 2.75) is 5.25 Å². The summed E-state index contributed by atoms with van der Waals surface area (Å²) in [5.41, 5.74) is 7.42. The van der Waals surface area contributed by atoms with E-state index in [1.54, 1.807) is 12.1 Å². The van der Waals surface area contributed by atoms with Gasteiger partial charge >= 0.3 is 0 Å². The second-order valence-corrected chi connectivity index (χ2v) is 2.87. The Balaban J connectivity index is 2.89. The van der Waals surface area contributed by atoms with Crippen molar-refractivity contribution in [3.8, 4) is 5.75 Å². The van der Waals surface area contributed by atoms with E-state index in [9.17, 15) is 4.79 Å². The lowest BCUT2D eigenvalue weighted by Gasteiger charge is -2.04. The molecule has 0 fully saturated rings. The number of hydrogen-bond acceptors (Lipinski definition) is 3. The van der Waals surface area contributed by atoms with E-state index in [1.807, 2.05) is 0 Å². The van der Waals surface area contributed by atoms with E-state index in [4.69, 9.17) is 10.8 Å². The fourth-order valence-corrected chi connectivity index (χ4v) is 0.980. The molecule has 2 N–H and O–H groups in total. The number of carbonyl (C=O) groups is 1. The van der Waals surface area contributed by atoms with Crippen molar-refractivity contribution in [1.29, 1.82) is 0 Å². The fourth-order valence-electron chi connectivity index (χ4n) is 0.808. The number of benzene rings is 1. The van der Waals surface area contributed by atoms with Gasteiger partial charge in [0.1, 0.15) is 11.0 Å². The number of amides is 1. The predicted octanol–water partition coefficient (Wildman–Crippen LogP) is 1.17. The molecule has 0 heterocycles. The minimum Gasteiger partial charge on any atom is -0.508 e. The van der Waals surface area contributed by atoms with E-state index < -0.39 is 11.2 Å². The summed E-state index contributed by atoms with van der Waals surface area (Å²) in [6.07, 6.45) is 0. The summed E-state index contributed by atoms with van der Waals surface area (Å²) in [6, 6.07) is 6.06. The average Bonchev–Trinajstić information content (AvgIpc) is 2.04. The normalized spacial score (nSPS) is 12.4.